The Morgan fingerprint density at radius 3 is 1.39 bits per heavy atom. The summed E-state index contributed by atoms with van der Waals surface area (Å²) in [6.45, 7) is 50.7. The van der Waals surface area contributed by atoms with E-state index in [0.717, 1.165) is 50.7 Å². The normalized spacial score (nSPS) is 15.1. The van der Waals surface area contributed by atoms with E-state index in [1.165, 1.54) is 7.11 Å². The van der Waals surface area contributed by atoms with Gasteiger partial charge in [-0.05, 0) is 97.1 Å². The molecule has 14 nitrogen and oxygen atoms in total. The van der Waals surface area contributed by atoms with E-state index < -0.39 is 49.1 Å². The molecule has 0 spiro atoms. The number of methoxy groups -OCH3 is 1. The molecule has 71 heavy (non-hydrogen) atoms. The maximum atomic E-state index is 13.7. The number of likely N-dealkylation sites (tertiary alicyclic amines) is 2. The Balaban J connectivity index is -0.000000498. The molecule has 2 N–H and O–H groups in total. The van der Waals surface area contributed by atoms with Crippen LogP contribution in [0.3, 0.4) is 0 Å². The molecule has 2 unspecified atom stereocenters. The first kappa shape index (κ1) is 74.9. The van der Waals surface area contributed by atoms with Crippen LogP contribution in [0.4, 0.5) is 0 Å². The number of aliphatic hydroxyl groups excluding tert-OH is 2. The van der Waals surface area contributed by atoms with Gasteiger partial charge >= 0.3 is 23.9 Å². The van der Waals surface area contributed by atoms with E-state index in [-0.39, 0.29) is 79.7 Å². The predicted molar refractivity (Wildman–Crippen MR) is 297 cm³/mol. The number of aliphatic hydroxyl groups is 2. The van der Waals surface area contributed by atoms with Crippen molar-refractivity contribution in [3.05, 3.63) is 37.1 Å². The monoisotopic (exact) mass is 1110 g/mol. The third-order valence-electron chi connectivity index (χ3n) is 11.3. The first-order valence-electron chi connectivity index (χ1n) is 25.0. The van der Waals surface area contributed by atoms with Crippen molar-refractivity contribution < 1.29 is 76.5 Å². The maximum Gasteiger partial charge on any atom is 0.333 e. The molecular formula is C52H102N2O12Si4V. The Morgan fingerprint density at radius 2 is 1.10 bits per heavy atom. The van der Waals surface area contributed by atoms with Crippen LogP contribution < -0.4 is 0 Å². The Bertz CT molecular complexity index is 1650. The quantitative estimate of drug-likeness (QED) is 0.0427. The molecule has 0 aromatic heterocycles. The topological polar surface area (TPSA) is 186 Å². The van der Waals surface area contributed by atoms with Gasteiger partial charge in [-0.15, -0.1) is 0 Å². The van der Waals surface area contributed by atoms with E-state index in [2.05, 4.69) is 103 Å². The van der Waals surface area contributed by atoms with Gasteiger partial charge in [0.2, 0.25) is 11.8 Å². The van der Waals surface area contributed by atoms with E-state index in [9.17, 15) is 28.8 Å². The fraction of sp³-hybridized carbons (Fsp3) is 0.769. The summed E-state index contributed by atoms with van der Waals surface area (Å²) in [6.07, 6.45) is 6.24. The van der Waals surface area contributed by atoms with Crippen molar-refractivity contribution in [2.75, 3.05) is 40.5 Å². The number of carbonyl (C=O) groups excluding carboxylic acids is 6. The number of hydrogen-bond donors (Lipinski definition) is 2. The van der Waals surface area contributed by atoms with Crippen LogP contribution in [0.1, 0.15) is 86.5 Å². The Labute approximate surface area is 447 Å². The van der Waals surface area contributed by atoms with E-state index in [0.29, 0.717) is 49.8 Å². The van der Waals surface area contributed by atoms with Gasteiger partial charge in [0.1, 0.15) is 6.61 Å². The van der Waals surface area contributed by atoms with E-state index >= 15 is 0 Å². The SMILES string of the molecule is C=C(C)C(=O)OC(C[Si](C)(C)C)C[Si](C)(C)C.C=C(C)C(=O)OCCO.C=CN1CCCC1=O.CCC(C)(CC(CC(C)(C)C(=O)OC)N1CCCC1=O)C(=O)OC(C[Si](C)(C)C)C[Si](C)(C)C.CO.[V]. The number of nitrogens with zero attached hydrogens (tertiary/aromatic N) is 2. The van der Waals surface area contributed by atoms with Gasteiger partial charge in [0.05, 0.1) is 36.8 Å². The van der Waals surface area contributed by atoms with Crippen LogP contribution in [0.15, 0.2) is 37.1 Å². The standard InChI is InChI=1S/C26H51NO5Si2.C13H28O2Si2.C6H9NO.C6H10O3.CH4O.V/c1-12-26(4,24(30)32-21(18-33(6,7)8)19-34(9,10)11)17-20(27-15-13-14-22(27)28)16-25(2,3)23(29)31-5;1-11(2)13(14)15-12(9-16(3,4)5)10-17(6,7)8;1-2-7-5-3-4-6(7)8;1-5(2)6(8)9-4-3-7;1-2;/h20-21H,12-19H2,1-11H3;12H,1,9-10H2,2-8H3;2H,1,3-5H2;7H,1,3-4H2,2H3;2H,1H3;. The van der Waals surface area contributed by atoms with E-state index in [4.69, 9.17) is 24.4 Å². The Hall–Kier alpha value is -2.59. The third kappa shape index (κ3) is 35.3. The Morgan fingerprint density at radius 1 is 0.690 bits per heavy atom. The van der Waals surface area contributed by atoms with Crippen LogP contribution in [-0.4, -0.2) is 147 Å². The van der Waals surface area contributed by atoms with Gasteiger partial charge < -0.3 is 39.0 Å². The van der Waals surface area contributed by atoms with Crippen LogP contribution in [0.5, 0.6) is 0 Å². The summed E-state index contributed by atoms with van der Waals surface area (Å²) in [5.74, 6) is -0.831. The van der Waals surface area contributed by atoms with Crippen molar-refractivity contribution in [1.82, 2.24) is 9.80 Å². The summed E-state index contributed by atoms with van der Waals surface area (Å²) in [5, 5.41) is 15.2. The third-order valence-corrected chi connectivity index (χ3v) is 18.0. The molecule has 0 aliphatic carbocycles. The summed E-state index contributed by atoms with van der Waals surface area (Å²) in [7, 11) is -2.87. The molecule has 2 atom stereocenters. The number of esters is 4. The van der Waals surface area contributed by atoms with E-state index in [1.807, 2.05) is 32.6 Å². The van der Waals surface area contributed by atoms with Crippen LogP contribution in [-0.2, 0) is 66.3 Å². The van der Waals surface area contributed by atoms with Gasteiger partial charge in [0.25, 0.3) is 0 Å². The second kappa shape index (κ2) is 34.8. The molecule has 19 heteroatoms. The molecule has 2 fully saturated rings. The zero-order valence-electron chi connectivity index (χ0n) is 48.4. The number of carbonyl (C=O) groups is 6. The molecule has 0 aromatic rings. The summed E-state index contributed by atoms with van der Waals surface area (Å²) in [6, 6.07) is 3.82. The van der Waals surface area contributed by atoms with Crippen LogP contribution in [0.2, 0.25) is 103 Å². The molecule has 1 radical (unpaired) electrons. The number of amides is 2. The summed E-state index contributed by atoms with van der Waals surface area (Å²) >= 11 is 0. The molecule has 2 heterocycles. The smallest absolute Gasteiger partial charge is 0.333 e. The van der Waals surface area contributed by atoms with Crippen molar-refractivity contribution in [3.63, 3.8) is 0 Å². The Kier molecular flexibility index (Phi) is 36.7. The molecule has 2 aliphatic rings. The zero-order valence-corrected chi connectivity index (χ0v) is 53.8. The van der Waals surface area contributed by atoms with Gasteiger partial charge in [-0.3, -0.25) is 19.2 Å². The van der Waals surface area contributed by atoms with Gasteiger partial charge in [0, 0.05) is 101 Å². The first-order valence-corrected chi connectivity index (χ1v) is 39.9. The minimum Gasteiger partial charge on any atom is -0.469 e. The largest absolute Gasteiger partial charge is 0.469 e. The number of rotatable bonds is 23. The second-order valence-electron chi connectivity index (χ2n) is 24.4. The van der Waals surface area contributed by atoms with Gasteiger partial charge in [-0.2, -0.15) is 0 Å². The molecule has 0 bridgehead atoms. The maximum absolute atomic E-state index is 13.7. The second-order valence-corrected chi connectivity index (χ2v) is 46.6. The van der Waals surface area contributed by atoms with Crippen molar-refractivity contribution in [2.24, 2.45) is 10.8 Å². The fourth-order valence-electron chi connectivity index (χ4n) is 7.90. The molecule has 2 amide bonds. The van der Waals surface area contributed by atoms with Crippen molar-refractivity contribution >= 4 is 68.0 Å². The molecule has 0 saturated carbocycles. The van der Waals surface area contributed by atoms with Crippen LogP contribution in [0.25, 0.3) is 0 Å². The van der Waals surface area contributed by atoms with Crippen LogP contribution in [0, 0.1) is 10.8 Å². The molecule has 2 saturated heterocycles. The fourth-order valence-corrected chi connectivity index (χ4v) is 14.9. The molecule has 0 aromatic carbocycles. The summed E-state index contributed by atoms with van der Waals surface area (Å²) < 4.78 is 21.4. The van der Waals surface area contributed by atoms with Crippen LogP contribution >= 0.6 is 0 Å². The molecule has 2 rings (SSSR count). The number of hydrogen-bond acceptors (Lipinski definition) is 12. The average molecular weight is 1110 g/mol. The van der Waals surface area contributed by atoms with Gasteiger partial charge in [-0.1, -0.05) is 105 Å². The summed E-state index contributed by atoms with van der Waals surface area (Å²) in [4.78, 5) is 75.1. The summed E-state index contributed by atoms with van der Waals surface area (Å²) in [5.41, 5.74) is -0.625. The van der Waals surface area contributed by atoms with E-state index in [1.54, 1.807) is 24.9 Å². The first-order chi connectivity index (χ1) is 31.8. The van der Waals surface area contributed by atoms with Crippen molar-refractivity contribution in [2.45, 2.75) is 207 Å². The minimum atomic E-state index is -1.43. The predicted octanol–water partition coefficient (Wildman–Crippen LogP) is 10.6. The minimum absolute atomic E-state index is 0. The van der Waals surface area contributed by atoms with Gasteiger partial charge in [0.15, 0.2) is 0 Å². The van der Waals surface area contributed by atoms with Crippen molar-refractivity contribution in [3.8, 4) is 0 Å². The number of ether oxygens (including phenoxy) is 4. The van der Waals surface area contributed by atoms with Gasteiger partial charge in [-0.25, -0.2) is 9.59 Å². The molecule has 2 aliphatic heterocycles. The average Bonchev–Trinajstić information content (AvgIpc) is 3.84. The zero-order chi connectivity index (χ0) is 55.6. The van der Waals surface area contributed by atoms with Crippen molar-refractivity contribution in [1.29, 1.82) is 0 Å². The molecular weight excluding hydrogens is 1010 g/mol. The molecule has 413 valence electrons.